The minimum atomic E-state index is -0.425. The smallest absolute Gasteiger partial charge is 0.410 e. The van der Waals surface area contributed by atoms with Gasteiger partial charge in [0.15, 0.2) is 0 Å². The van der Waals surface area contributed by atoms with Crippen LogP contribution in [0, 0.1) is 0 Å². The van der Waals surface area contributed by atoms with Gasteiger partial charge in [0.2, 0.25) is 0 Å². The Morgan fingerprint density at radius 1 is 1.47 bits per heavy atom. The van der Waals surface area contributed by atoms with Crippen LogP contribution in [0.5, 0.6) is 5.75 Å². The van der Waals surface area contributed by atoms with E-state index in [9.17, 15) is 4.79 Å². The molecule has 0 unspecified atom stereocenters. The molecule has 0 saturated carbocycles. The fraction of sp³-hybridized carbons (Fsp3) is 0.417. The van der Waals surface area contributed by atoms with Crippen LogP contribution in [0.1, 0.15) is 31.7 Å². The van der Waals surface area contributed by atoms with Gasteiger partial charge in [-0.1, -0.05) is 32.0 Å². The van der Waals surface area contributed by atoms with Gasteiger partial charge in [-0.3, -0.25) is 0 Å². The number of rotatable bonds is 3. The summed E-state index contributed by atoms with van der Waals surface area (Å²) < 4.78 is 5.17. The van der Waals surface area contributed by atoms with Gasteiger partial charge in [-0.25, -0.2) is 4.79 Å². The van der Waals surface area contributed by atoms with E-state index in [4.69, 9.17) is 4.74 Å². The number of carbonyl (C=O) groups excluding carboxylic acids is 1. The lowest BCUT2D eigenvalue weighted by Gasteiger charge is -2.13. The zero-order valence-corrected chi connectivity index (χ0v) is 9.41. The Morgan fingerprint density at radius 3 is 2.73 bits per heavy atom. The third-order valence-corrected chi connectivity index (χ3v) is 2.47. The first kappa shape index (κ1) is 11.6. The van der Waals surface area contributed by atoms with E-state index in [0.29, 0.717) is 11.7 Å². The summed E-state index contributed by atoms with van der Waals surface area (Å²) in [5, 5.41) is 2.44. The SMILES string of the molecule is CC[C@@H](C)c1ccccc1OC(=O)NC. The molecule has 82 valence electrons. The first-order valence-corrected chi connectivity index (χ1v) is 5.17. The van der Waals surface area contributed by atoms with E-state index in [1.54, 1.807) is 7.05 Å². The second kappa shape index (κ2) is 5.39. The van der Waals surface area contributed by atoms with E-state index < -0.39 is 6.09 Å². The van der Waals surface area contributed by atoms with Crippen molar-refractivity contribution in [2.45, 2.75) is 26.2 Å². The van der Waals surface area contributed by atoms with E-state index in [2.05, 4.69) is 19.2 Å². The van der Waals surface area contributed by atoms with Gasteiger partial charge >= 0.3 is 6.09 Å². The Bertz CT molecular complexity index is 336. The second-order valence-electron chi connectivity index (χ2n) is 3.49. The molecule has 1 N–H and O–H groups in total. The van der Waals surface area contributed by atoms with Crippen LogP contribution in [0.4, 0.5) is 4.79 Å². The Balaban J connectivity index is 2.91. The predicted molar refractivity (Wildman–Crippen MR) is 60.2 cm³/mol. The molecule has 0 aromatic heterocycles. The van der Waals surface area contributed by atoms with Crippen molar-refractivity contribution in [3.8, 4) is 5.75 Å². The van der Waals surface area contributed by atoms with Crippen molar-refractivity contribution in [3.63, 3.8) is 0 Å². The molecule has 1 aromatic carbocycles. The van der Waals surface area contributed by atoms with Crippen LogP contribution in [0.15, 0.2) is 24.3 Å². The van der Waals surface area contributed by atoms with Crippen LogP contribution >= 0.6 is 0 Å². The summed E-state index contributed by atoms with van der Waals surface area (Å²) in [5.74, 6) is 1.04. The lowest BCUT2D eigenvalue weighted by Crippen LogP contribution is -2.22. The number of ether oxygens (including phenoxy) is 1. The molecule has 0 aliphatic heterocycles. The van der Waals surface area contributed by atoms with Crippen LogP contribution in [0.2, 0.25) is 0 Å². The lowest BCUT2D eigenvalue weighted by atomic mass is 9.98. The van der Waals surface area contributed by atoms with Gasteiger partial charge in [-0.2, -0.15) is 0 Å². The molecule has 0 aliphatic rings. The summed E-state index contributed by atoms with van der Waals surface area (Å²) in [6.45, 7) is 4.23. The van der Waals surface area contributed by atoms with Crippen molar-refractivity contribution in [2.75, 3.05) is 7.05 Å². The average Bonchev–Trinajstić information content (AvgIpc) is 2.28. The largest absolute Gasteiger partial charge is 0.412 e. The highest BCUT2D eigenvalue weighted by molar-refractivity contribution is 5.70. The summed E-state index contributed by atoms with van der Waals surface area (Å²) >= 11 is 0. The van der Waals surface area contributed by atoms with Crippen LogP contribution < -0.4 is 10.1 Å². The number of amides is 1. The fourth-order valence-electron chi connectivity index (χ4n) is 1.35. The number of benzene rings is 1. The Kier molecular flexibility index (Phi) is 4.16. The van der Waals surface area contributed by atoms with Crippen LogP contribution in [0.25, 0.3) is 0 Å². The molecule has 0 heterocycles. The van der Waals surface area contributed by atoms with Crippen LogP contribution in [-0.2, 0) is 0 Å². The molecule has 0 fully saturated rings. The standard InChI is InChI=1S/C12H17NO2/c1-4-9(2)10-7-5-6-8-11(10)15-12(14)13-3/h5-9H,4H2,1-3H3,(H,13,14)/t9-/m1/s1. The molecule has 0 spiro atoms. The van der Waals surface area contributed by atoms with Crippen molar-refractivity contribution in [2.24, 2.45) is 0 Å². The number of carbonyl (C=O) groups is 1. The number of para-hydroxylation sites is 1. The average molecular weight is 207 g/mol. The quantitative estimate of drug-likeness (QED) is 0.827. The summed E-state index contributed by atoms with van der Waals surface area (Å²) in [7, 11) is 1.55. The number of hydrogen-bond acceptors (Lipinski definition) is 2. The zero-order valence-electron chi connectivity index (χ0n) is 9.41. The Morgan fingerprint density at radius 2 is 2.13 bits per heavy atom. The van der Waals surface area contributed by atoms with Crippen molar-refractivity contribution < 1.29 is 9.53 Å². The lowest BCUT2D eigenvalue weighted by molar-refractivity contribution is 0.202. The van der Waals surface area contributed by atoms with Crippen molar-refractivity contribution >= 4 is 6.09 Å². The van der Waals surface area contributed by atoms with E-state index in [-0.39, 0.29) is 0 Å². The summed E-state index contributed by atoms with van der Waals surface area (Å²) in [6, 6.07) is 7.63. The topological polar surface area (TPSA) is 38.3 Å². The minimum Gasteiger partial charge on any atom is -0.410 e. The third-order valence-electron chi connectivity index (χ3n) is 2.47. The van der Waals surface area contributed by atoms with Gasteiger partial charge in [0, 0.05) is 7.05 Å². The molecule has 1 amide bonds. The maximum absolute atomic E-state index is 11.1. The highest BCUT2D eigenvalue weighted by atomic mass is 16.6. The van der Waals surface area contributed by atoms with Gasteiger partial charge in [0.05, 0.1) is 0 Å². The first-order valence-electron chi connectivity index (χ1n) is 5.17. The van der Waals surface area contributed by atoms with Crippen LogP contribution in [0.3, 0.4) is 0 Å². The van der Waals surface area contributed by atoms with Gasteiger partial charge in [-0.15, -0.1) is 0 Å². The molecule has 1 atom stereocenters. The monoisotopic (exact) mass is 207 g/mol. The van der Waals surface area contributed by atoms with Crippen LogP contribution in [-0.4, -0.2) is 13.1 Å². The molecular weight excluding hydrogens is 190 g/mol. The molecule has 15 heavy (non-hydrogen) atoms. The molecule has 3 heteroatoms. The van der Waals surface area contributed by atoms with Crippen molar-refractivity contribution in [1.29, 1.82) is 0 Å². The Hall–Kier alpha value is -1.51. The fourth-order valence-corrected chi connectivity index (χ4v) is 1.35. The Labute approximate surface area is 90.4 Å². The summed E-state index contributed by atoms with van der Waals surface area (Å²) in [5.41, 5.74) is 1.07. The predicted octanol–water partition coefficient (Wildman–Crippen LogP) is 2.92. The maximum Gasteiger partial charge on any atom is 0.412 e. The van der Waals surface area contributed by atoms with E-state index >= 15 is 0 Å². The van der Waals surface area contributed by atoms with Gasteiger partial charge in [-0.05, 0) is 24.0 Å². The molecule has 1 aromatic rings. The highest BCUT2D eigenvalue weighted by Crippen LogP contribution is 2.28. The van der Waals surface area contributed by atoms with Crippen molar-refractivity contribution in [1.82, 2.24) is 5.32 Å². The molecular formula is C12H17NO2. The molecule has 0 saturated heterocycles. The molecule has 0 aliphatic carbocycles. The van der Waals surface area contributed by atoms with Gasteiger partial charge in [0.25, 0.3) is 0 Å². The third kappa shape index (κ3) is 2.98. The number of hydrogen-bond donors (Lipinski definition) is 1. The molecule has 3 nitrogen and oxygen atoms in total. The molecule has 0 radical (unpaired) electrons. The normalized spacial score (nSPS) is 11.9. The van der Waals surface area contributed by atoms with Gasteiger partial charge < -0.3 is 10.1 Å². The first-order chi connectivity index (χ1) is 7.19. The highest BCUT2D eigenvalue weighted by Gasteiger charge is 2.11. The van der Waals surface area contributed by atoms with E-state index in [1.807, 2.05) is 24.3 Å². The van der Waals surface area contributed by atoms with Gasteiger partial charge in [0.1, 0.15) is 5.75 Å². The van der Waals surface area contributed by atoms with Crippen molar-refractivity contribution in [3.05, 3.63) is 29.8 Å². The summed E-state index contributed by atoms with van der Waals surface area (Å²) in [4.78, 5) is 11.1. The second-order valence-corrected chi connectivity index (χ2v) is 3.49. The van der Waals surface area contributed by atoms with E-state index in [1.165, 1.54) is 0 Å². The van der Waals surface area contributed by atoms with E-state index in [0.717, 1.165) is 12.0 Å². The molecule has 0 bridgehead atoms. The maximum atomic E-state index is 11.1. The zero-order chi connectivity index (χ0) is 11.3. The number of nitrogens with one attached hydrogen (secondary N) is 1. The minimum absolute atomic E-state index is 0.394. The summed E-state index contributed by atoms with van der Waals surface area (Å²) in [6.07, 6.45) is 0.597. The molecule has 1 rings (SSSR count).